The highest BCUT2D eigenvalue weighted by Gasteiger charge is 2.13. The van der Waals surface area contributed by atoms with Crippen molar-refractivity contribution in [1.82, 2.24) is 4.98 Å². The summed E-state index contributed by atoms with van der Waals surface area (Å²) in [7, 11) is 2.84. The molecule has 0 spiro atoms. The second-order valence-electron chi connectivity index (χ2n) is 3.89. The van der Waals surface area contributed by atoms with Crippen LogP contribution in [0.5, 0.6) is 5.75 Å². The number of aliphatic carboxylic acids is 1. The molecule has 1 rings (SSSR count). The molecule has 0 aliphatic carbocycles. The highest BCUT2D eigenvalue weighted by Crippen LogP contribution is 2.31. The van der Waals surface area contributed by atoms with Gasteiger partial charge in [-0.3, -0.25) is 9.78 Å². The molecule has 6 N–H and O–H groups in total. The molecule has 0 saturated heterocycles. The molecular weight excluding hydrogens is 286 g/mol. The molecule has 0 bridgehead atoms. The van der Waals surface area contributed by atoms with Crippen molar-refractivity contribution in [3.63, 3.8) is 0 Å². The lowest BCUT2D eigenvalue weighted by atomic mass is 10.1. The average Bonchev–Trinajstić information content (AvgIpc) is 2.38. The Labute approximate surface area is 119 Å². The molecular formula is C11H17N3O3S2. The standard InChI is InChI=1S/C11H17N3O3S2/c1-6-10(15)8(2-12)7(3-14-6)4-18-19-5-9(13)11(16)17/h3,9,15H,2,4-5,12-13H2,1H3,(H,16,17)/t9-/m0/s1. The van der Waals surface area contributed by atoms with Crippen LogP contribution >= 0.6 is 21.6 Å². The Morgan fingerprint density at radius 3 is 2.79 bits per heavy atom. The van der Waals surface area contributed by atoms with Crippen molar-refractivity contribution in [2.45, 2.75) is 25.3 Å². The van der Waals surface area contributed by atoms with Crippen molar-refractivity contribution in [2.75, 3.05) is 5.75 Å². The summed E-state index contributed by atoms with van der Waals surface area (Å²) < 4.78 is 0. The molecule has 19 heavy (non-hydrogen) atoms. The van der Waals surface area contributed by atoms with E-state index in [-0.39, 0.29) is 12.3 Å². The van der Waals surface area contributed by atoms with E-state index in [0.29, 0.717) is 22.8 Å². The Morgan fingerprint density at radius 1 is 1.53 bits per heavy atom. The Kier molecular flexibility index (Phi) is 6.43. The highest BCUT2D eigenvalue weighted by atomic mass is 33.1. The molecule has 0 aliphatic heterocycles. The van der Waals surface area contributed by atoms with Crippen LogP contribution in [0.1, 0.15) is 16.8 Å². The Hall–Kier alpha value is -0.960. The number of nitrogens with two attached hydrogens (primary N) is 2. The summed E-state index contributed by atoms with van der Waals surface area (Å²) >= 11 is 0. The number of aromatic hydroxyl groups is 1. The quantitative estimate of drug-likeness (QED) is 0.432. The Balaban J connectivity index is 2.54. The minimum Gasteiger partial charge on any atom is -0.506 e. The van der Waals surface area contributed by atoms with Gasteiger partial charge in [-0.2, -0.15) is 0 Å². The second kappa shape index (κ2) is 7.59. The van der Waals surface area contributed by atoms with Gasteiger partial charge in [0.25, 0.3) is 0 Å². The molecule has 6 nitrogen and oxygen atoms in total. The fourth-order valence-corrected chi connectivity index (χ4v) is 3.54. The number of hydrogen-bond acceptors (Lipinski definition) is 7. The van der Waals surface area contributed by atoms with Gasteiger partial charge in [-0.25, -0.2) is 0 Å². The summed E-state index contributed by atoms with van der Waals surface area (Å²) in [6, 6.07) is -0.865. The predicted octanol–water partition coefficient (Wildman–Crippen LogP) is 0.848. The normalized spacial score (nSPS) is 12.4. The number of carboxylic acids is 1. The monoisotopic (exact) mass is 303 g/mol. The van der Waals surface area contributed by atoms with Gasteiger partial charge in [0, 0.05) is 29.8 Å². The van der Waals surface area contributed by atoms with Gasteiger partial charge in [0.15, 0.2) is 0 Å². The Morgan fingerprint density at radius 2 is 2.21 bits per heavy atom. The fraction of sp³-hybridized carbons (Fsp3) is 0.455. The van der Waals surface area contributed by atoms with E-state index < -0.39 is 12.0 Å². The van der Waals surface area contributed by atoms with Crippen molar-refractivity contribution in [3.05, 3.63) is 23.0 Å². The molecule has 1 heterocycles. The van der Waals surface area contributed by atoms with E-state index >= 15 is 0 Å². The minimum absolute atomic E-state index is 0.132. The van der Waals surface area contributed by atoms with Gasteiger partial charge in [-0.1, -0.05) is 21.6 Å². The van der Waals surface area contributed by atoms with Crippen LogP contribution in [0.2, 0.25) is 0 Å². The first-order valence-electron chi connectivity index (χ1n) is 5.56. The zero-order valence-electron chi connectivity index (χ0n) is 10.5. The lowest BCUT2D eigenvalue weighted by molar-refractivity contribution is -0.137. The van der Waals surface area contributed by atoms with E-state index in [1.165, 1.54) is 21.6 Å². The summed E-state index contributed by atoms with van der Waals surface area (Å²) in [6.07, 6.45) is 1.68. The number of pyridine rings is 1. The summed E-state index contributed by atoms with van der Waals surface area (Å²) in [5, 5.41) is 18.5. The molecule has 0 aromatic carbocycles. The number of carboxylic acid groups (broad SMARTS) is 1. The predicted molar refractivity (Wildman–Crippen MR) is 77.9 cm³/mol. The number of aromatic nitrogens is 1. The number of rotatable bonds is 7. The maximum absolute atomic E-state index is 10.5. The zero-order valence-corrected chi connectivity index (χ0v) is 12.1. The van der Waals surface area contributed by atoms with E-state index in [0.717, 1.165) is 5.56 Å². The van der Waals surface area contributed by atoms with E-state index in [2.05, 4.69) is 4.98 Å². The van der Waals surface area contributed by atoms with E-state index in [1.54, 1.807) is 13.1 Å². The first-order valence-corrected chi connectivity index (χ1v) is 8.05. The van der Waals surface area contributed by atoms with Crippen LogP contribution in [-0.4, -0.2) is 33.0 Å². The molecule has 0 unspecified atom stereocenters. The van der Waals surface area contributed by atoms with E-state index in [4.69, 9.17) is 16.6 Å². The third-order valence-corrected chi connectivity index (χ3v) is 4.85. The van der Waals surface area contributed by atoms with Gasteiger partial charge < -0.3 is 21.7 Å². The van der Waals surface area contributed by atoms with E-state index in [1.807, 2.05) is 0 Å². The van der Waals surface area contributed by atoms with Crippen LogP contribution in [0, 0.1) is 6.92 Å². The van der Waals surface area contributed by atoms with Crippen molar-refractivity contribution >= 4 is 27.6 Å². The molecule has 1 aromatic rings. The van der Waals surface area contributed by atoms with Gasteiger partial charge in [0.2, 0.25) is 0 Å². The number of carbonyl (C=O) groups is 1. The van der Waals surface area contributed by atoms with Gasteiger partial charge in [0.05, 0.1) is 5.69 Å². The molecule has 0 aliphatic rings. The summed E-state index contributed by atoms with van der Waals surface area (Å²) in [5.41, 5.74) is 13.1. The number of nitrogens with zero attached hydrogens (tertiary/aromatic N) is 1. The van der Waals surface area contributed by atoms with Crippen LogP contribution in [0.25, 0.3) is 0 Å². The summed E-state index contributed by atoms with van der Waals surface area (Å²) in [5.74, 6) is 0.0337. The SMILES string of the molecule is Cc1ncc(CSSC[C@H](N)C(=O)O)c(CN)c1O. The molecule has 1 atom stereocenters. The molecule has 1 aromatic heterocycles. The van der Waals surface area contributed by atoms with Crippen molar-refractivity contribution in [2.24, 2.45) is 11.5 Å². The first kappa shape index (κ1) is 16.1. The minimum atomic E-state index is -1.01. The molecule has 0 amide bonds. The lowest BCUT2D eigenvalue weighted by Gasteiger charge is -2.11. The van der Waals surface area contributed by atoms with Gasteiger partial charge >= 0.3 is 5.97 Å². The maximum atomic E-state index is 10.5. The third-order valence-electron chi connectivity index (χ3n) is 2.50. The molecule has 8 heteroatoms. The maximum Gasteiger partial charge on any atom is 0.321 e. The summed E-state index contributed by atoms with van der Waals surface area (Å²) in [4.78, 5) is 14.6. The van der Waals surface area contributed by atoms with Crippen molar-refractivity contribution in [3.8, 4) is 5.75 Å². The van der Waals surface area contributed by atoms with Crippen LogP contribution in [0.3, 0.4) is 0 Å². The highest BCUT2D eigenvalue weighted by molar-refractivity contribution is 8.76. The molecule has 0 saturated carbocycles. The number of aryl methyl sites for hydroxylation is 1. The van der Waals surface area contributed by atoms with Gasteiger partial charge in [-0.15, -0.1) is 0 Å². The third kappa shape index (κ3) is 4.57. The van der Waals surface area contributed by atoms with Crippen molar-refractivity contribution < 1.29 is 15.0 Å². The topological polar surface area (TPSA) is 122 Å². The second-order valence-corrected chi connectivity index (χ2v) is 6.40. The van der Waals surface area contributed by atoms with Gasteiger partial charge in [0.1, 0.15) is 11.8 Å². The largest absolute Gasteiger partial charge is 0.506 e. The zero-order chi connectivity index (χ0) is 14.4. The Bertz CT molecular complexity index is 457. The summed E-state index contributed by atoms with van der Waals surface area (Å²) in [6.45, 7) is 1.95. The van der Waals surface area contributed by atoms with E-state index in [9.17, 15) is 9.90 Å². The molecule has 0 radical (unpaired) electrons. The van der Waals surface area contributed by atoms with Crippen LogP contribution < -0.4 is 11.5 Å². The van der Waals surface area contributed by atoms with Crippen LogP contribution in [-0.2, 0) is 17.1 Å². The van der Waals surface area contributed by atoms with Crippen LogP contribution in [0.4, 0.5) is 0 Å². The van der Waals surface area contributed by atoms with Crippen LogP contribution in [0.15, 0.2) is 6.20 Å². The molecule has 0 fully saturated rings. The van der Waals surface area contributed by atoms with Gasteiger partial charge in [-0.05, 0) is 12.5 Å². The fourth-order valence-electron chi connectivity index (χ4n) is 1.33. The van der Waals surface area contributed by atoms with Crippen molar-refractivity contribution in [1.29, 1.82) is 0 Å². The average molecular weight is 303 g/mol. The lowest BCUT2D eigenvalue weighted by Crippen LogP contribution is -2.32. The molecule has 106 valence electrons. The number of hydrogen-bond donors (Lipinski definition) is 4. The first-order chi connectivity index (χ1) is 8.97. The smallest absolute Gasteiger partial charge is 0.321 e.